The van der Waals surface area contributed by atoms with Crippen molar-refractivity contribution in [3.05, 3.63) is 27.8 Å². The average molecular weight is 320 g/mol. The lowest BCUT2D eigenvalue weighted by Gasteiger charge is -2.05. The fraction of sp³-hybridized carbons (Fsp3) is 0.500. The first-order valence-corrected chi connectivity index (χ1v) is 6.40. The van der Waals surface area contributed by atoms with Gasteiger partial charge in [0.1, 0.15) is 5.75 Å². The Balaban J connectivity index is 2.07. The molecule has 0 radical (unpaired) electrons. The molecule has 0 saturated heterocycles. The highest BCUT2D eigenvalue weighted by Crippen LogP contribution is 2.13. The molecule has 84 valence electrons. The lowest BCUT2D eigenvalue weighted by Crippen LogP contribution is -1.97. The molecule has 0 fully saturated rings. The molecule has 0 spiro atoms. The summed E-state index contributed by atoms with van der Waals surface area (Å²) in [5, 5.41) is 8.59. The molecule has 0 aromatic heterocycles. The van der Waals surface area contributed by atoms with Crippen LogP contribution in [0.4, 0.5) is 0 Å². The fourth-order valence-electron chi connectivity index (χ4n) is 1.29. The third kappa shape index (κ3) is 5.99. The van der Waals surface area contributed by atoms with E-state index in [1.807, 2.05) is 24.3 Å². The van der Waals surface area contributed by atoms with Gasteiger partial charge in [-0.3, -0.25) is 0 Å². The van der Waals surface area contributed by atoms with Gasteiger partial charge < -0.3 is 9.84 Å². The highest BCUT2D eigenvalue weighted by molar-refractivity contribution is 14.1. The van der Waals surface area contributed by atoms with Crippen molar-refractivity contribution in [1.82, 2.24) is 0 Å². The zero-order valence-electron chi connectivity index (χ0n) is 8.79. The summed E-state index contributed by atoms with van der Waals surface area (Å²) in [7, 11) is 0. The predicted octanol–water partition coefficient (Wildman–Crippen LogP) is 3.22. The molecule has 3 heteroatoms. The number of unbranched alkanes of at least 4 members (excludes halogenated alkanes) is 3. The van der Waals surface area contributed by atoms with Crippen LogP contribution in [0.3, 0.4) is 0 Å². The third-order valence-corrected chi connectivity index (χ3v) is 2.85. The number of ether oxygens (including phenoxy) is 1. The topological polar surface area (TPSA) is 29.5 Å². The molecule has 0 aliphatic rings. The molecule has 0 aliphatic carbocycles. The second kappa shape index (κ2) is 7.93. The van der Waals surface area contributed by atoms with Gasteiger partial charge in [-0.05, 0) is 66.1 Å². The van der Waals surface area contributed by atoms with Crippen LogP contribution in [0.15, 0.2) is 24.3 Å². The molecular weight excluding hydrogens is 303 g/mol. The highest BCUT2D eigenvalue weighted by atomic mass is 127. The molecule has 1 aromatic rings. The van der Waals surface area contributed by atoms with E-state index in [1.165, 1.54) is 3.57 Å². The van der Waals surface area contributed by atoms with Crippen LogP contribution in [0.25, 0.3) is 0 Å². The van der Waals surface area contributed by atoms with Crippen LogP contribution in [0.2, 0.25) is 0 Å². The van der Waals surface area contributed by atoms with E-state index in [1.54, 1.807) is 0 Å². The molecule has 1 N–H and O–H groups in total. The number of aliphatic hydroxyl groups excluding tert-OH is 1. The Labute approximate surface area is 105 Å². The Bertz CT molecular complexity index is 259. The van der Waals surface area contributed by atoms with E-state index in [4.69, 9.17) is 9.84 Å². The minimum Gasteiger partial charge on any atom is -0.494 e. The summed E-state index contributed by atoms with van der Waals surface area (Å²) < 4.78 is 6.80. The van der Waals surface area contributed by atoms with Crippen LogP contribution >= 0.6 is 22.6 Å². The molecule has 0 aliphatic heterocycles. The maximum atomic E-state index is 8.59. The fourth-order valence-corrected chi connectivity index (χ4v) is 1.65. The zero-order chi connectivity index (χ0) is 10.9. The first kappa shape index (κ1) is 12.8. The number of aliphatic hydroxyl groups is 1. The van der Waals surface area contributed by atoms with Crippen LogP contribution < -0.4 is 4.74 Å². The zero-order valence-corrected chi connectivity index (χ0v) is 10.9. The average Bonchev–Trinajstić information content (AvgIpc) is 2.26. The van der Waals surface area contributed by atoms with E-state index in [-0.39, 0.29) is 0 Å². The lowest BCUT2D eigenvalue weighted by atomic mass is 10.2. The molecule has 0 amide bonds. The van der Waals surface area contributed by atoms with E-state index in [0.717, 1.165) is 38.0 Å². The predicted molar refractivity (Wildman–Crippen MR) is 70.2 cm³/mol. The van der Waals surface area contributed by atoms with Gasteiger partial charge in [-0.15, -0.1) is 0 Å². The van der Waals surface area contributed by atoms with Crippen LogP contribution in [-0.4, -0.2) is 18.3 Å². The third-order valence-electron chi connectivity index (χ3n) is 2.13. The van der Waals surface area contributed by atoms with Gasteiger partial charge in [-0.25, -0.2) is 0 Å². The number of hydrogen-bond acceptors (Lipinski definition) is 2. The number of rotatable bonds is 7. The summed E-state index contributed by atoms with van der Waals surface area (Å²) >= 11 is 2.28. The molecule has 15 heavy (non-hydrogen) atoms. The van der Waals surface area contributed by atoms with Gasteiger partial charge in [0, 0.05) is 10.2 Å². The van der Waals surface area contributed by atoms with Gasteiger partial charge in [-0.2, -0.15) is 0 Å². The van der Waals surface area contributed by atoms with Crippen molar-refractivity contribution in [2.75, 3.05) is 13.2 Å². The van der Waals surface area contributed by atoms with E-state index in [0.29, 0.717) is 6.61 Å². The van der Waals surface area contributed by atoms with Gasteiger partial charge in [0.2, 0.25) is 0 Å². The van der Waals surface area contributed by atoms with E-state index < -0.39 is 0 Å². The maximum absolute atomic E-state index is 8.59. The molecule has 1 aromatic carbocycles. The van der Waals surface area contributed by atoms with E-state index in [9.17, 15) is 0 Å². The first-order valence-electron chi connectivity index (χ1n) is 5.32. The van der Waals surface area contributed by atoms with Gasteiger partial charge in [0.25, 0.3) is 0 Å². The normalized spacial score (nSPS) is 10.3. The maximum Gasteiger partial charge on any atom is 0.119 e. The standard InChI is InChI=1S/C12H17IO2/c13-11-5-7-12(8-6-11)15-10-4-2-1-3-9-14/h5-8,14H,1-4,9-10H2. The molecule has 0 atom stereocenters. The van der Waals surface area contributed by atoms with Crippen LogP contribution in [-0.2, 0) is 0 Å². The summed E-state index contributed by atoms with van der Waals surface area (Å²) in [5.74, 6) is 0.942. The Morgan fingerprint density at radius 1 is 1.00 bits per heavy atom. The van der Waals surface area contributed by atoms with Crippen molar-refractivity contribution in [3.63, 3.8) is 0 Å². The summed E-state index contributed by atoms with van der Waals surface area (Å²) in [4.78, 5) is 0. The molecule has 0 bridgehead atoms. The Kier molecular flexibility index (Phi) is 6.76. The van der Waals surface area contributed by atoms with Crippen molar-refractivity contribution in [1.29, 1.82) is 0 Å². The van der Waals surface area contributed by atoms with Crippen molar-refractivity contribution in [2.45, 2.75) is 25.7 Å². The highest BCUT2D eigenvalue weighted by Gasteiger charge is 1.93. The van der Waals surface area contributed by atoms with E-state index >= 15 is 0 Å². The van der Waals surface area contributed by atoms with Crippen LogP contribution in [0.1, 0.15) is 25.7 Å². The van der Waals surface area contributed by atoms with Gasteiger partial charge in [-0.1, -0.05) is 6.42 Å². The Morgan fingerprint density at radius 2 is 1.67 bits per heavy atom. The Morgan fingerprint density at radius 3 is 2.33 bits per heavy atom. The quantitative estimate of drug-likeness (QED) is 0.617. The summed E-state index contributed by atoms with van der Waals surface area (Å²) in [6.07, 6.45) is 4.19. The molecule has 0 unspecified atom stereocenters. The smallest absolute Gasteiger partial charge is 0.119 e. The van der Waals surface area contributed by atoms with Crippen molar-refractivity contribution in [2.24, 2.45) is 0 Å². The second-order valence-electron chi connectivity index (χ2n) is 3.44. The SMILES string of the molecule is OCCCCCCOc1ccc(I)cc1. The van der Waals surface area contributed by atoms with Gasteiger partial charge in [0.15, 0.2) is 0 Å². The minimum absolute atomic E-state index is 0.304. The largest absolute Gasteiger partial charge is 0.494 e. The first-order chi connectivity index (χ1) is 7.33. The molecule has 0 heterocycles. The monoisotopic (exact) mass is 320 g/mol. The van der Waals surface area contributed by atoms with Crippen LogP contribution in [0.5, 0.6) is 5.75 Å². The second-order valence-corrected chi connectivity index (χ2v) is 4.69. The lowest BCUT2D eigenvalue weighted by molar-refractivity contribution is 0.273. The molecular formula is C12H17IO2. The molecule has 0 saturated carbocycles. The van der Waals surface area contributed by atoms with Crippen LogP contribution in [0, 0.1) is 3.57 Å². The summed E-state index contributed by atoms with van der Waals surface area (Å²) in [5.41, 5.74) is 0. The van der Waals surface area contributed by atoms with E-state index in [2.05, 4.69) is 22.6 Å². The number of hydrogen-bond donors (Lipinski definition) is 1. The molecule has 2 nitrogen and oxygen atoms in total. The van der Waals surface area contributed by atoms with Crippen molar-refractivity contribution < 1.29 is 9.84 Å². The summed E-state index contributed by atoms with van der Waals surface area (Å²) in [6.45, 7) is 1.07. The molecule has 1 rings (SSSR count). The van der Waals surface area contributed by atoms with Gasteiger partial charge >= 0.3 is 0 Å². The Hall–Kier alpha value is -0.290. The van der Waals surface area contributed by atoms with Crippen molar-refractivity contribution in [3.8, 4) is 5.75 Å². The van der Waals surface area contributed by atoms with Gasteiger partial charge in [0.05, 0.1) is 6.61 Å². The summed E-state index contributed by atoms with van der Waals surface area (Å²) in [6, 6.07) is 8.08. The number of halogens is 1. The minimum atomic E-state index is 0.304. The van der Waals surface area contributed by atoms with Crippen molar-refractivity contribution >= 4 is 22.6 Å². The number of benzene rings is 1.